The van der Waals surface area contributed by atoms with Crippen molar-refractivity contribution in [1.29, 1.82) is 0 Å². The third-order valence-corrected chi connectivity index (χ3v) is 3.46. The minimum atomic E-state index is -4.65. The molecule has 1 atom stereocenters. The number of halogens is 4. The summed E-state index contributed by atoms with van der Waals surface area (Å²) >= 11 is 0. The summed E-state index contributed by atoms with van der Waals surface area (Å²) in [5, 5.41) is 10.2. The van der Waals surface area contributed by atoms with E-state index in [-0.39, 0.29) is 0 Å². The second-order valence-electron chi connectivity index (χ2n) is 4.98. The van der Waals surface area contributed by atoms with Crippen molar-refractivity contribution in [3.05, 3.63) is 70.0 Å². The zero-order chi connectivity index (χ0) is 15.8. The predicted octanol–water partition coefficient (Wildman–Crippen LogP) is 4.54. The molecule has 0 aliphatic carbocycles. The third-order valence-electron chi connectivity index (χ3n) is 3.46. The molecule has 1 N–H and O–H groups in total. The molecule has 1 nitrogen and oxygen atoms in total. The number of benzene rings is 2. The van der Waals surface area contributed by atoms with E-state index in [9.17, 15) is 22.7 Å². The smallest absolute Gasteiger partial charge is 0.384 e. The summed E-state index contributed by atoms with van der Waals surface area (Å²) in [6.07, 6.45) is -6.18. The van der Waals surface area contributed by atoms with Crippen molar-refractivity contribution in [3.8, 4) is 0 Å². The second-order valence-corrected chi connectivity index (χ2v) is 4.98. The van der Waals surface area contributed by atoms with E-state index in [1.165, 1.54) is 6.07 Å². The number of alkyl halides is 3. The largest absolute Gasteiger partial charge is 0.416 e. The van der Waals surface area contributed by atoms with Gasteiger partial charge in [-0.2, -0.15) is 13.2 Å². The van der Waals surface area contributed by atoms with Crippen LogP contribution in [0, 0.1) is 19.7 Å². The van der Waals surface area contributed by atoms with Gasteiger partial charge in [0.05, 0.1) is 5.56 Å². The van der Waals surface area contributed by atoms with E-state index in [1.54, 1.807) is 19.1 Å². The van der Waals surface area contributed by atoms with Crippen molar-refractivity contribution < 1.29 is 22.7 Å². The van der Waals surface area contributed by atoms with Crippen LogP contribution in [0.15, 0.2) is 36.4 Å². The maximum absolute atomic E-state index is 13.3. The van der Waals surface area contributed by atoms with E-state index in [0.29, 0.717) is 11.6 Å². The molecule has 0 aliphatic heterocycles. The van der Waals surface area contributed by atoms with Crippen molar-refractivity contribution >= 4 is 0 Å². The molecule has 0 saturated carbocycles. The third kappa shape index (κ3) is 3.24. The molecular weight excluding hydrogens is 284 g/mol. The number of aliphatic hydroxyl groups excluding tert-OH is 1. The Balaban J connectivity index is 2.54. The molecule has 0 amide bonds. The molecule has 1 unspecified atom stereocenters. The average Bonchev–Trinajstić information content (AvgIpc) is 2.39. The molecule has 2 aromatic carbocycles. The van der Waals surface area contributed by atoms with Gasteiger partial charge in [0, 0.05) is 5.56 Å². The molecule has 112 valence electrons. The van der Waals surface area contributed by atoms with Crippen molar-refractivity contribution in [3.63, 3.8) is 0 Å². The Morgan fingerprint density at radius 2 is 1.62 bits per heavy atom. The predicted molar refractivity (Wildman–Crippen MR) is 71.4 cm³/mol. The molecule has 0 radical (unpaired) electrons. The van der Waals surface area contributed by atoms with E-state index < -0.39 is 29.2 Å². The molecule has 2 aromatic rings. The van der Waals surface area contributed by atoms with Crippen LogP contribution in [0.4, 0.5) is 17.6 Å². The van der Waals surface area contributed by atoms with E-state index in [4.69, 9.17) is 0 Å². The topological polar surface area (TPSA) is 20.2 Å². The monoisotopic (exact) mass is 298 g/mol. The molecule has 5 heteroatoms. The molecule has 0 aromatic heterocycles. The van der Waals surface area contributed by atoms with Crippen molar-refractivity contribution in [2.75, 3.05) is 0 Å². The van der Waals surface area contributed by atoms with E-state index in [2.05, 4.69) is 0 Å². The van der Waals surface area contributed by atoms with Gasteiger partial charge in [0.1, 0.15) is 11.9 Å². The van der Waals surface area contributed by atoms with Crippen LogP contribution in [0.5, 0.6) is 0 Å². The summed E-state index contributed by atoms with van der Waals surface area (Å²) in [6, 6.07) is 6.96. The quantitative estimate of drug-likeness (QED) is 0.807. The molecular formula is C16H14F4O. The number of aliphatic hydroxyl groups is 1. The minimum Gasteiger partial charge on any atom is -0.384 e. The first-order valence-corrected chi connectivity index (χ1v) is 6.32. The second kappa shape index (κ2) is 5.48. The first-order valence-electron chi connectivity index (χ1n) is 6.32. The molecule has 0 spiro atoms. The van der Waals surface area contributed by atoms with Crippen LogP contribution in [-0.4, -0.2) is 5.11 Å². The summed E-state index contributed by atoms with van der Waals surface area (Å²) in [7, 11) is 0. The fourth-order valence-corrected chi connectivity index (χ4v) is 2.13. The molecule has 2 rings (SSSR count). The zero-order valence-electron chi connectivity index (χ0n) is 11.5. The average molecular weight is 298 g/mol. The molecule has 21 heavy (non-hydrogen) atoms. The van der Waals surface area contributed by atoms with Crippen LogP contribution in [0.3, 0.4) is 0 Å². The minimum absolute atomic E-state index is 0.300. The van der Waals surface area contributed by atoms with Crippen LogP contribution in [-0.2, 0) is 6.18 Å². The van der Waals surface area contributed by atoms with Crippen molar-refractivity contribution in [2.24, 2.45) is 0 Å². The molecule has 0 aliphatic rings. The first kappa shape index (κ1) is 15.5. The highest BCUT2D eigenvalue weighted by Gasteiger charge is 2.35. The normalized spacial score (nSPS) is 13.3. The maximum Gasteiger partial charge on any atom is 0.416 e. The van der Waals surface area contributed by atoms with Gasteiger partial charge >= 0.3 is 6.18 Å². The van der Waals surface area contributed by atoms with Gasteiger partial charge in [-0.1, -0.05) is 18.2 Å². The molecule has 0 bridgehead atoms. The SMILES string of the molecule is Cc1ccc(C(O)c2cc(F)ccc2C(F)(F)F)cc1C. The van der Waals surface area contributed by atoms with Gasteiger partial charge in [-0.3, -0.25) is 0 Å². The lowest BCUT2D eigenvalue weighted by Gasteiger charge is -2.18. The Hall–Kier alpha value is -1.88. The number of aryl methyl sites for hydroxylation is 2. The van der Waals surface area contributed by atoms with Crippen molar-refractivity contribution in [1.82, 2.24) is 0 Å². The highest BCUT2D eigenvalue weighted by atomic mass is 19.4. The lowest BCUT2D eigenvalue weighted by atomic mass is 9.94. The summed E-state index contributed by atoms with van der Waals surface area (Å²) in [6.45, 7) is 3.65. The maximum atomic E-state index is 13.3. The standard InChI is InChI=1S/C16H14F4O/c1-9-3-4-11(7-10(9)2)15(21)13-8-12(17)5-6-14(13)16(18,19)20/h3-8,15,21H,1-2H3. The van der Waals surface area contributed by atoms with E-state index >= 15 is 0 Å². The van der Waals surface area contributed by atoms with Gasteiger partial charge in [0.2, 0.25) is 0 Å². The van der Waals surface area contributed by atoms with Gasteiger partial charge in [0.25, 0.3) is 0 Å². The van der Waals surface area contributed by atoms with E-state index in [1.807, 2.05) is 6.92 Å². The van der Waals surface area contributed by atoms with Crippen LogP contribution in [0.1, 0.15) is 33.9 Å². The lowest BCUT2D eigenvalue weighted by Crippen LogP contribution is -2.13. The summed E-state index contributed by atoms with van der Waals surface area (Å²) in [5.41, 5.74) is 0.590. The Labute approximate surface area is 119 Å². The van der Waals surface area contributed by atoms with Crippen LogP contribution in [0.2, 0.25) is 0 Å². The van der Waals surface area contributed by atoms with Crippen LogP contribution < -0.4 is 0 Å². The number of rotatable bonds is 2. The van der Waals surface area contributed by atoms with E-state index in [0.717, 1.165) is 23.3 Å². The highest BCUT2D eigenvalue weighted by molar-refractivity contribution is 5.40. The van der Waals surface area contributed by atoms with Gasteiger partial charge in [0.15, 0.2) is 0 Å². The van der Waals surface area contributed by atoms with Gasteiger partial charge in [-0.15, -0.1) is 0 Å². The molecule has 0 saturated heterocycles. The van der Waals surface area contributed by atoms with Crippen LogP contribution in [0.25, 0.3) is 0 Å². The lowest BCUT2D eigenvalue weighted by molar-refractivity contribution is -0.139. The Morgan fingerprint density at radius 1 is 0.952 bits per heavy atom. The number of hydrogen-bond donors (Lipinski definition) is 1. The first-order chi connectivity index (χ1) is 9.70. The Kier molecular flexibility index (Phi) is 4.05. The molecule has 0 heterocycles. The van der Waals surface area contributed by atoms with Gasteiger partial charge in [-0.05, 0) is 48.7 Å². The summed E-state index contributed by atoms with van der Waals surface area (Å²) < 4.78 is 52.2. The van der Waals surface area contributed by atoms with Crippen molar-refractivity contribution in [2.45, 2.75) is 26.1 Å². The van der Waals surface area contributed by atoms with Gasteiger partial charge < -0.3 is 5.11 Å². The Morgan fingerprint density at radius 3 is 2.19 bits per heavy atom. The zero-order valence-corrected chi connectivity index (χ0v) is 11.5. The number of hydrogen-bond acceptors (Lipinski definition) is 1. The summed E-state index contributed by atoms with van der Waals surface area (Å²) in [4.78, 5) is 0. The Bertz CT molecular complexity index is 662. The summed E-state index contributed by atoms with van der Waals surface area (Å²) in [5.74, 6) is -0.819. The van der Waals surface area contributed by atoms with Crippen LogP contribution >= 0.6 is 0 Å². The highest BCUT2D eigenvalue weighted by Crippen LogP contribution is 2.37. The fourth-order valence-electron chi connectivity index (χ4n) is 2.13. The molecule has 0 fully saturated rings. The van der Waals surface area contributed by atoms with Gasteiger partial charge in [-0.25, -0.2) is 4.39 Å². The fraction of sp³-hybridized carbons (Fsp3) is 0.250.